The predicted molar refractivity (Wildman–Crippen MR) is 87.4 cm³/mol. The summed E-state index contributed by atoms with van der Waals surface area (Å²) in [5, 5.41) is 12.5. The van der Waals surface area contributed by atoms with Crippen LogP contribution in [0.15, 0.2) is 42.5 Å². The highest BCUT2D eigenvalue weighted by Crippen LogP contribution is 2.29. The summed E-state index contributed by atoms with van der Waals surface area (Å²) in [5.74, 6) is 1.44. The number of rotatable bonds is 4. The molecule has 0 bridgehead atoms. The lowest BCUT2D eigenvalue weighted by Crippen LogP contribution is -1.94. The molecule has 0 amide bonds. The molecular weight excluding hydrogens is 302 g/mol. The molecule has 0 spiro atoms. The van der Waals surface area contributed by atoms with Gasteiger partial charge in [0.15, 0.2) is 5.15 Å². The van der Waals surface area contributed by atoms with Gasteiger partial charge in [-0.05, 0) is 24.3 Å². The molecule has 1 aromatic heterocycles. The summed E-state index contributed by atoms with van der Waals surface area (Å²) in [7, 11) is 3.24. The van der Waals surface area contributed by atoms with Crippen LogP contribution in [0.4, 0.5) is 11.4 Å². The first-order valence-electron chi connectivity index (χ1n) is 6.61. The molecule has 0 aliphatic carbocycles. The minimum absolute atomic E-state index is 0.368. The number of nitrogens with zero attached hydrogens (tertiary/aromatic N) is 2. The fourth-order valence-corrected chi connectivity index (χ4v) is 2.30. The van der Waals surface area contributed by atoms with E-state index in [1.165, 1.54) is 0 Å². The first-order chi connectivity index (χ1) is 10.7. The van der Waals surface area contributed by atoms with E-state index in [-0.39, 0.29) is 0 Å². The number of nitrogens with one attached hydrogen (secondary N) is 1. The molecule has 1 N–H and O–H groups in total. The Labute approximate surface area is 132 Å². The van der Waals surface area contributed by atoms with Crippen molar-refractivity contribution in [3.05, 3.63) is 47.6 Å². The van der Waals surface area contributed by atoms with Crippen molar-refractivity contribution in [1.82, 2.24) is 10.2 Å². The van der Waals surface area contributed by atoms with Gasteiger partial charge in [0.2, 0.25) is 0 Å². The number of fused-ring (bicyclic) bond motifs is 1. The molecule has 22 heavy (non-hydrogen) atoms. The quantitative estimate of drug-likeness (QED) is 0.787. The Bertz CT molecular complexity index is 801. The maximum Gasteiger partial charge on any atom is 0.152 e. The largest absolute Gasteiger partial charge is 0.497 e. The predicted octanol–water partition coefficient (Wildman–Crippen LogP) is 4.04. The SMILES string of the molecule is COc1cc(Nc2ccc3nnc(Cl)cc3c2)cc(OC)c1. The summed E-state index contributed by atoms with van der Waals surface area (Å²) in [6.45, 7) is 0. The van der Waals surface area contributed by atoms with E-state index in [1.54, 1.807) is 20.3 Å². The van der Waals surface area contributed by atoms with E-state index in [1.807, 2.05) is 36.4 Å². The fourth-order valence-electron chi connectivity index (χ4n) is 2.14. The third kappa shape index (κ3) is 3.04. The van der Waals surface area contributed by atoms with Crippen LogP contribution in [0.5, 0.6) is 11.5 Å². The molecule has 0 atom stereocenters. The lowest BCUT2D eigenvalue weighted by Gasteiger charge is -2.11. The lowest BCUT2D eigenvalue weighted by atomic mass is 10.2. The number of hydrogen-bond donors (Lipinski definition) is 1. The van der Waals surface area contributed by atoms with Crippen molar-refractivity contribution in [2.45, 2.75) is 0 Å². The van der Waals surface area contributed by atoms with Gasteiger partial charge in [-0.25, -0.2) is 0 Å². The first kappa shape index (κ1) is 14.4. The molecule has 3 rings (SSSR count). The number of benzene rings is 2. The van der Waals surface area contributed by atoms with Gasteiger partial charge < -0.3 is 14.8 Å². The zero-order chi connectivity index (χ0) is 15.5. The average molecular weight is 316 g/mol. The van der Waals surface area contributed by atoms with Gasteiger partial charge in [-0.3, -0.25) is 0 Å². The van der Waals surface area contributed by atoms with Gasteiger partial charge in [0.1, 0.15) is 11.5 Å². The Hall–Kier alpha value is -2.53. The normalized spacial score (nSPS) is 10.5. The highest BCUT2D eigenvalue weighted by atomic mass is 35.5. The van der Waals surface area contributed by atoms with E-state index >= 15 is 0 Å². The molecule has 0 saturated carbocycles. The fraction of sp³-hybridized carbons (Fsp3) is 0.125. The first-order valence-corrected chi connectivity index (χ1v) is 6.99. The van der Waals surface area contributed by atoms with Gasteiger partial charge in [0, 0.05) is 35.0 Å². The van der Waals surface area contributed by atoms with Crippen LogP contribution in [0.1, 0.15) is 0 Å². The molecular formula is C16H14ClN3O2. The van der Waals surface area contributed by atoms with Crippen LogP contribution in [0.2, 0.25) is 5.15 Å². The van der Waals surface area contributed by atoms with Crippen molar-refractivity contribution < 1.29 is 9.47 Å². The van der Waals surface area contributed by atoms with Crippen LogP contribution in [-0.2, 0) is 0 Å². The van der Waals surface area contributed by atoms with E-state index < -0.39 is 0 Å². The zero-order valence-corrected chi connectivity index (χ0v) is 12.9. The van der Waals surface area contributed by atoms with Crippen LogP contribution >= 0.6 is 11.6 Å². The highest BCUT2D eigenvalue weighted by molar-refractivity contribution is 6.29. The molecule has 1 heterocycles. The number of ether oxygens (including phenoxy) is 2. The van der Waals surface area contributed by atoms with Crippen molar-refractivity contribution >= 4 is 33.9 Å². The Morgan fingerprint density at radius 3 is 2.27 bits per heavy atom. The lowest BCUT2D eigenvalue weighted by molar-refractivity contribution is 0.395. The standard InChI is InChI=1S/C16H14ClN3O2/c1-21-13-7-12(8-14(9-13)22-2)18-11-3-4-15-10(5-11)6-16(17)20-19-15/h3-9,18H,1-2H3. The minimum Gasteiger partial charge on any atom is -0.497 e. The molecule has 5 nitrogen and oxygen atoms in total. The summed E-state index contributed by atoms with van der Waals surface area (Å²) in [5.41, 5.74) is 2.56. The third-order valence-electron chi connectivity index (χ3n) is 3.20. The number of methoxy groups -OCH3 is 2. The number of anilines is 2. The van der Waals surface area contributed by atoms with Crippen LogP contribution in [0, 0.1) is 0 Å². The molecule has 0 aliphatic heterocycles. The molecule has 6 heteroatoms. The smallest absolute Gasteiger partial charge is 0.152 e. The second-order valence-electron chi connectivity index (χ2n) is 4.67. The van der Waals surface area contributed by atoms with Gasteiger partial charge in [0.05, 0.1) is 19.7 Å². The second-order valence-corrected chi connectivity index (χ2v) is 5.05. The summed E-state index contributed by atoms with van der Waals surface area (Å²) < 4.78 is 10.5. The Balaban J connectivity index is 1.95. The Morgan fingerprint density at radius 1 is 0.864 bits per heavy atom. The van der Waals surface area contributed by atoms with Gasteiger partial charge in [-0.2, -0.15) is 0 Å². The number of halogens is 1. The van der Waals surface area contributed by atoms with Gasteiger partial charge in [-0.1, -0.05) is 11.6 Å². The van der Waals surface area contributed by atoms with Crippen molar-refractivity contribution in [3.63, 3.8) is 0 Å². The minimum atomic E-state index is 0.368. The summed E-state index contributed by atoms with van der Waals surface area (Å²) in [6, 6.07) is 13.2. The Kier molecular flexibility index (Phi) is 3.98. The van der Waals surface area contributed by atoms with Crippen LogP contribution in [0.3, 0.4) is 0 Å². The topological polar surface area (TPSA) is 56.3 Å². The monoisotopic (exact) mass is 315 g/mol. The van der Waals surface area contributed by atoms with Crippen molar-refractivity contribution in [2.75, 3.05) is 19.5 Å². The maximum atomic E-state index is 5.88. The third-order valence-corrected chi connectivity index (χ3v) is 3.38. The van der Waals surface area contributed by atoms with E-state index in [0.717, 1.165) is 33.8 Å². The van der Waals surface area contributed by atoms with E-state index in [4.69, 9.17) is 21.1 Å². The highest BCUT2D eigenvalue weighted by Gasteiger charge is 2.04. The summed E-state index contributed by atoms with van der Waals surface area (Å²) in [6.07, 6.45) is 0. The second kappa shape index (κ2) is 6.07. The van der Waals surface area contributed by atoms with Crippen molar-refractivity contribution in [1.29, 1.82) is 0 Å². The van der Waals surface area contributed by atoms with Crippen LogP contribution < -0.4 is 14.8 Å². The van der Waals surface area contributed by atoms with Crippen molar-refractivity contribution in [2.24, 2.45) is 0 Å². The van der Waals surface area contributed by atoms with E-state index in [9.17, 15) is 0 Å². The molecule has 3 aromatic rings. The van der Waals surface area contributed by atoms with Crippen LogP contribution in [-0.4, -0.2) is 24.4 Å². The van der Waals surface area contributed by atoms with Crippen LogP contribution in [0.25, 0.3) is 10.9 Å². The maximum absolute atomic E-state index is 5.88. The summed E-state index contributed by atoms with van der Waals surface area (Å²) >= 11 is 5.88. The molecule has 0 radical (unpaired) electrons. The molecule has 0 aliphatic rings. The molecule has 112 valence electrons. The number of hydrogen-bond acceptors (Lipinski definition) is 5. The van der Waals surface area contributed by atoms with E-state index in [0.29, 0.717) is 5.15 Å². The molecule has 0 saturated heterocycles. The summed E-state index contributed by atoms with van der Waals surface area (Å²) in [4.78, 5) is 0. The zero-order valence-electron chi connectivity index (χ0n) is 12.1. The van der Waals surface area contributed by atoms with Gasteiger partial charge >= 0.3 is 0 Å². The Morgan fingerprint density at radius 2 is 1.59 bits per heavy atom. The molecule has 0 fully saturated rings. The average Bonchev–Trinajstić information content (AvgIpc) is 2.54. The van der Waals surface area contributed by atoms with E-state index in [2.05, 4.69) is 15.5 Å². The van der Waals surface area contributed by atoms with Crippen molar-refractivity contribution in [3.8, 4) is 11.5 Å². The molecule has 0 unspecified atom stereocenters. The van der Waals surface area contributed by atoms with Gasteiger partial charge in [0.25, 0.3) is 0 Å². The number of aromatic nitrogens is 2. The van der Waals surface area contributed by atoms with Gasteiger partial charge in [-0.15, -0.1) is 10.2 Å². The molecule has 2 aromatic carbocycles.